The maximum Gasteiger partial charge on any atom is 0.137 e. The molecule has 1 aromatic carbocycles. The molecule has 1 aromatic rings. The number of likely N-dealkylation sites (tertiary alicyclic amines) is 1. The molecule has 3 heteroatoms. The molecule has 0 amide bonds. The zero-order chi connectivity index (χ0) is 14.2. The molecule has 0 aliphatic carbocycles. The highest BCUT2D eigenvalue weighted by Crippen LogP contribution is 2.18. The van der Waals surface area contributed by atoms with Crippen LogP contribution in [0.4, 0.5) is 0 Å². The zero-order valence-electron chi connectivity index (χ0n) is 12.9. The minimum absolute atomic E-state index is 0.216. The van der Waals surface area contributed by atoms with Gasteiger partial charge in [-0.25, -0.2) is 0 Å². The molecule has 20 heavy (non-hydrogen) atoms. The summed E-state index contributed by atoms with van der Waals surface area (Å²) in [6.45, 7) is 8.61. The molecule has 0 spiro atoms. The number of hydrogen-bond acceptors (Lipinski definition) is 2. The van der Waals surface area contributed by atoms with Gasteiger partial charge in [-0.3, -0.25) is 0 Å². The normalized spacial score (nSPS) is 16.9. The van der Waals surface area contributed by atoms with Crippen LogP contribution in [0.1, 0.15) is 39.5 Å². The van der Waals surface area contributed by atoms with Gasteiger partial charge in [-0.15, -0.1) is 0 Å². The molecule has 0 aromatic heterocycles. The van der Waals surface area contributed by atoms with E-state index in [9.17, 15) is 0 Å². The minimum atomic E-state index is 0.216. The number of nitrogens with one attached hydrogen (secondary N) is 1. The largest absolute Gasteiger partial charge is 0.491 e. The highest BCUT2D eigenvalue weighted by atomic mass is 16.5. The third kappa shape index (κ3) is 5.41. The second-order valence-corrected chi connectivity index (χ2v) is 5.90. The highest BCUT2D eigenvalue weighted by molar-refractivity contribution is 5.31. The van der Waals surface area contributed by atoms with Gasteiger partial charge in [0.1, 0.15) is 24.7 Å². The summed E-state index contributed by atoms with van der Waals surface area (Å²) >= 11 is 0. The van der Waals surface area contributed by atoms with Gasteiger partial charge in [0.25, 0.3) is 0 Å². The van der Waals surface area contributed by atoms with Crippen molar-refractivity contribution in [3.63, 3.8) is 0 Å². The van der Waals surface area contributed by atoms with E-state index < -0.39 is 0 Å². The van der Waals surface area contributed by atoms with Crippen molar-refractivity contribution in [2.45, 2.75) is 45.6 Å². The first kappa shape index (κ1) is 15.2. The van der Waals surface area contributed by atoms with E-state index in [1.165, 1.54) is 38.8 Å². The lowest BCUT2D eigenvalue weighted by atomic mass is 10.2. The Bertz CT molecular complexity index is 367. The van der Waals surface area contributed by atoms with Gasteiger partial charge in [0.2, 0.25) is 0 Å². The van der Waals surface area contributed by atoms with Gasteiger partial charge in [0, 0.05) is 0 Å². The molecule has 0 unspecified atom stereocenters. The van der Waals surface area contributed by atoms with Crippen LogP contribution in [0.2, 0.25) is 0 Å². The third-order valence-electron chi connectivity index (χ3n) is 3.73. The Balaban J connectivity index is 1.70. The Hall–Kier alpha value is -1.22. The fraction of sp³-hybridized carbons (Fsp3) is 0.647. The second-order valence-electron chi connectivity index (χ2n) is 5.90. The van der Waals surface area contributed by atoms with Gasteiger partial charge >= 0.3 is 0 Å². The number of rotatable bonds is 6. The molecule has 2 rings (SSSR count). The molecule has 1 saturated heterocycles. The molecule has 1 heterocycles. The summed E-state index contributed by atoms with van der Waals surface area (Å²) in [4.78, 5) is 1.70. The van der Waals surface area contributed by atoms with Crippen molar-refractivity contribution < 1.29 is 14.4 Å². The van der Waals surface area contributed by atoms with Crippen molar-refractivity contribution in [1.82, 2.24) is 0 Å². The van der Waals surface area contributed by atoms with E-state index in [0.29, 0.717) is 0 Å². The number of benzene rings is 1. The first-order valence-electron chi connectivity index (χ1n) is 7.97. The molecule has 112 valence electrons. The van der Waals surface area contributed by atoms with Crippen molar-refractivity contribution in [2.75, 3.05) is 26.2 Å². The molecule has 0 bridgehead atoms. The van der Waals surface area contributed by atoms with Crippen LogP contribution in [0.3, 0.4) is 0 Å². The fourth-order valence-corrected chi connectivity index (χ4v) is 2.68. The van der Waals surface area contributed by atoms with Gasteiger partial charge in [0.15, 0.2) is 0 Å². The van der Waals surface area contributed by atoms with Crippen LogP contribution in [-0.4, -0.2) is 32.3 Å². The lowest BCUT2D eigenvalue weighted by Gasteiger charge is -2.17. The summed E-state index contributed by atoms with van der Waals surface area (Å²) in [6.07, 6.45) is 5.77. The van der Waals surface area contributed by atoms with E-state index >= 15 is 0 Å². The van der Waals surface area contributed by atoms with Crippen molar-refractivity contribution in [2.24, 2.45) is 0 Å². The maximum absolute atomic E-state index is 5.83. The summed E-state index contributed by atoms with van der Waals surface area (Å²) in [5.74, 6) is 1.85. The lowest BCUT2D eigenvalue weighted by Crippen LogP contribution is -3.12. The predicted molar refractivity (Wildman–Crippen MR) is 81.7 cm³/mol. The van der Waals surface area contributed by atoms with Crippen LogP contribution < -0.4 is 14.4 Å². The number of ether oxygens (including phenoxy) is 2. The van der Waals surface area contributed by atoms with E-state index in [1.807, 2.05) is 38.1 Å². The average Bonchev–Trinajstić information content (AvgIpc) is 2.69. The fourth-order valence-electron chi connectivity index (χ4n) is 2.68. The highest BCUT2D eigenvalue weighted by Gasteiger charge is 2.11. The van der Waals surface area contributed by atoms with Crippen molar-refractivity contribution in [1.29, 1.82) is 0 Å². The topological polar surface area (TPSA) is 22.9 Å². The van der Waals surface area contributed by atoms with Crippen LogP contribution in [0.25, 0.3) is 0 Å². The average molecular weight is 278 g/mol. The standard InChI is InChI=1S/C17H27NO2/c1-15(2)20-17-9-7-16(8-10-17)19-14-13-18-11-5-3-4-6-12-18/h7-10,15H,3-6,11-14H2,1-2H3/p+1. The van der Waals surface area contributed by atoms with Crippen molar-refractivity contribution in [3.8, 4) is 11.5 Å². The Labute approximate surface area is 122 Å². The van der Waals surface area contributed by atoms with Gasteiger partial charge in [0.05, 0.1) is 19.2 Å². The van der Waals surface area contributed by atoms with E-state index in [-0.39, 0.29) is 6.10 Å². The van der Waals surface area contributed by atoms with Crippen LogP contribution in [0.5, 0.6) is 11.5 Å². The van der Waals surface area contributed by atoms with E-state index in [2.05, 4.69) is 0 Å². The van der Waals surface area contributed by atoms with Gasteiger partial charge in [-0.2, -0.15) is 0 Å². The summed E-state index contributed by atoms with van der Waals surface area (Å²) in [7, 11) is 0. The summed E-state index contributed by atoms with van der Waals surface area (Å²) < 4.78 is 11.5. The lowest BCUT2D eigenvalue weighted by molar-refractivity contribution is -0.899. The molecule has 0 saturated carbocycles. The van der Waals surface area contributed by atoms with E-state index in [4.69, 9.17) is 9.47 Å². The molecule has 0 radical (unpaired) electrons. The van der Waals surface area contributed by atoms with Crippen LogP contribution in [-0.2, 0) is 0 Å². The minimum Gasteiger partial charge on any atom is -0.491 e. The third-order valence-corrected chi connectivity index (χ3v) is 3.73. The molecule has 1 aliphatic rings. The molecule has 1 aliphatic heterocycles. The van der Waals surface area contributed by atoms with Gasteiger partial charge in [-0.05, 0) is 63.8 Å². The SMILES string of the molecule is CC(C)Oc1ccc(OCC[NH+]2CCCCCC2)cc1. The Morgan fingerprint density at radius 3 is 2.15 bits per heavy atom. The Morgan fingerprint density at radius 2 is 1.55 bits per heavy atom. The number of quaternary nitrogens is 1. The molecule has 3 nitrogen and oxygen atoms in total. The predicted octanol–water partition coefficient (Wildman–Crippen LogP) is 2.31. The Kier molecular flexibility index (Phi) is 6.19. The first-order chi connectivity index (χ1) is 9.74. The Morgan fingerprint density at radius 1 is 0.950 bits per heavy atom. The molecular formula is C17H28NO2+. The molecule has 0 atom stereocenters. The molecule has 1 N–H and O–H groups in total. The smallest absolute Gasteiger partial charge is 0.137 e. The molecule has 1 fully saturated rings. The van der Waals surface area contributed by atoms with Crippen LogP contribution >= 0.6 is 0 Å². The van der Waals surface area contributed by atoms with Crippen LogP contribution in [0, 0.1) is 0 Å². The summed E-state index contributed by atoms with van der Waals surface area (Å²) in [5.41, 5.74) is 0. The first-order valence-corrected chi connectivity index (χ1v) is 7.97. The maximum atomic E-state index is 5.83. The van der Waals surface area contributed by atoms with Crippen molar-refractivity contribution in [3.05, 3.63) is 24.3 Å². The van der Waals surface area contributed by atoms with E-state index in [0.717, 1.165) is 24.7 Å². The quantitative estimate of drug-likeness (QED) is 0.863. The van der Waals surface area contributed by atoms with Gasteiger partial charge < -0.3 is 14.4 Å². The number of hydrogen-bond donors (Lipinski definition) is 1. The van der Waals surface area contributed by atoms with E-state index in [1.54, 1.807) is 4.90 Å². The monoisotopic (exact) mass is 278 g/mol. The van der Waals surface area contributed by atoms with Gasteiger partial charge in [-0.1, -0.05) is 0 Å². The molecular weight excluding hydrogens is 250 g/mol. The zero-order valence-corrected chi connectivity index (χ0v) is 12.9. The summed E-state index contributed by atoms with van der Waals surface area (Å²) in [5, 5.41) is 0. The van der Waals surface area contributed by atoms with Crippen LogP contribution in [0.15, 0.2) is 24.3 Å². The second kappa shape index (κ2) is 8.15. The van der Waals surface area contributed by atoms with Crippen molar-refractivity contribution >= 4 is 0 Å². The summed E-state index contributed by atoms with van der Waals surface area (Å²) in [6, 6.07) is 7.95.